The fraction of sp³-hybridized carbons (Fsp3) is 0.300. The number of nitrogens with zero attached hydrogens (tertiary/aromatic N) is 1. The number of aryl methyl sites for hydroxylation is 2. The summed E-state index contributed by atoms with van der Waals surface area (Å²) in [6.07, 6.45) is 0.377. The number of benzene rings is 2. The first-order valence-corrected chi connectivity index (χ1v) is 10.2. The van der Waals surface area contributed by atoms with Crippen molar-refractivity contribution in [1.29, 1.82) is 0 Å². The molecule has 0 bridgehead atoms. The van der Waals surface area contributed by atoms with E-state index in [-0.39, 0.29) is 29.6 Å². The van der Waals surface area contributed by atoms with Crippen LogP contribution in [0, 0.1) is 13.8 Å². The van der Waals surface area contributed by atoms with E-state index in [9.17, 15) is 18.0 Å². The summed E-state index contributed by atoms with van der Waals surface area (Å²) < 4.78 is 28.1. The third kappa shape index (κ3) is 3.94. The van der Waals surface area contributed by atoms with Crippen LogP contribution in [0.5, 0.6) is 0 Å². The first kappa shape index (κ1) is 19.3. The zero-order valence-electron chi connectivity index (χ0n) is 15.5. The Morgan fingerprint density at radius 3 is 2.15 bits per heavy atom. The second kappa shape index (κ2) is 7.25. The molecule has 7 heteroatoms. The van der Waals surface area contributed by atoms with E-state index in [0.29, 0.717) is 5.69 Å². The average Bonchev–Trinajstić information content (AvgIpc) is 2.95. The summed E-state index contributed by atoms with van der Waals surface area (Å²) in [6.45, 7) is 5.71. The molecule has 0 spiro atoms. The number of anilines is 1. The van der Waals surface area contributed by atoms with Gasteiger partial charge in [-0.1, -0.05) is 23.8 Å². The highest BCUT2D eigenvalue weighted by molar-refractivity contribution is 7.89. The van der Waals surface area contributed by atoms with Gasteiger partial charge >= 0.3 is 0 Å². The quantitative estimate of drug-likeness (QED) is 0.801. The molecule has 6 nitrogen and oxygen atoms in total. The van der Waals surface area contributed by atoms with Crippen molar-refractivity contribution in [2.24, 2.45) is 0 Å². The molecule has 27 heavy (non-hydrogen) atoms. The average molecular weight is 386 g/mol. The van der Waals surface area contributed by atoms with Crippen LogP contribution in [0.1, 0.15) is 42.5 Å². The van der Waals surface area contributed by atoms with E-state index in [1.807, 2.05) is 32.0 Å². The van der Waals surface area contributed by atoms with Crippen LogP contribution in [0.15, 0.2) is 47.4 Å². The van der Waals surface area contributed by atoms with Crippen LogP contribution in [0.4, 0.5) is 5.69 Å². The third-order valence-electron chi connectivity index (χ3n) is 4.69. The predicted molar refractivity (Wildman–Crippen MR) is 103 cm³/mol. The smallest absolute Gasteiger partial charge is 0.241 e. The molecule has 2 aromatic rings. The fourth-order valence-corrected chi connectivity index (χ4v) is 4.45. The molecule has 0 saturated carbocycles. The van der Waals surface area contributed by atoms with Gasteiger partial charge in [-0.2, -0.15) is 0 Å². The lowest BCUT2D eigenvalue weighted by atomic mass is 10.0. The van der Waals surface area contributed by atoms with E-state index >= 15 is 0 Å². The Hall–Kier alpha value is -2.51. The first-order chi connectivity index (χ1) is 12.7. The van der Waals surface area contributed by atoms with Crippen molar-refractivity contribution < 1.29 is 18.0 Å². The molecule has 1 atom stereocenters. The molecule has 1 aliphatic heterocycles. The Labute approximate surface area is 159 Å². The highest BCUT2D eigenvalue weighted by Gasteiger charge is 2.30. The zero-order valence-corrected chi connectivity index (χ0v) is 16.3. The molecule has 0 radical (unpaired) electrons. The number of sulfonamides is 1. The number of rotatable bonds is 5. The number of nitrogens with one attached hydrogen (secondary N) is 1. The number of hydrogen-bond acceptors (Lipinski definition) is 4. The summed E-state index contributed by atoms with van der Waals surface area (Å²) in [5, 5.41) is 0. The normalized spacial score (nSPS) is 16.0. The molecule has 1 unspecified atom stereocenters. The summed E-state index contributed by atoms with van der Waals surface area (Å²) in [5.41, 5.74) is 3.38. The van der Waals surface area contributed by atoms with Crippen LogP contribution >= 0.6 is 0 Å². The molecule has 1 saturated heterocycles. The van der Waals surface area contributed by atoms with Gasteiger partial charge in [-0.3, -0.25) is 14.5 Å². The second-order valence-electron chi connectivity index (χ2n) is 6.82. The molecular formula is C20H22N2O4S. The Balaban J connectivity index is 1.81. The van der Waals surface area contributed by atoms with Gasteiger partial charge in [0.1, 0.15) is 0 Å². The van der Waals surface area contributed by atoms with Crippen molar-refractivity contribution >= 4 is 27.5 Å². The van der Waals surface area contributed by atoms with Gasteiger partial charge < -0.3 is 0 Å². The van der Waals surface area contributed by atoms with Crippen LogP contribution in [-0.2, 0) is 19.6 Å². The topological polar surface area (TPSA) is 83.6 Å². The van der Waals surface area contributed by atoms with Gasteiger partial charge in [-0.15, -0.1) is 0 Å². The molecule has 0 aliphatic carbocycles. The number of imide groups is 1. The Morgan fingerprint density at radius 1 is 0.963 bits per heavy atom. The SMILES string of the molecule is Cc1ccc(C)c(C(C)NS(=O)(=O)c2ccc(N3C(=O)CCC3=O)cc2)c1. The maximum absolute atomic E-state index is 12.7. The molecule has 0 aromatic heterocycles. The van der Waals surface area contributed by atoms with E-state index in [4.69, 9.17) is 0 Å². The van der Waals surface area contributed by atoms with Gasteiger partial charge in [0.15, 0.2) is 0 Å². The molecule has 2 amide bonds. The standard InChI is InChI=1S/C20H22N2O4S/c1-13-4-5-14(2)18(12-13)15(3)21-27(25,26)17-8-6-16(7-9-17)22-19(23)10-11-20(22)24/h4-9,12,15,21H,10-11H2,1-3H3. The fourth-order valence-electron chi connectivity index (χ4n) is 3.23. The lowest BCUT2D eigenvalue weighted by Gasteiger charge is -2.18. The summed E-state index contributed by atoms with van der Waals surface area (Å²) >= 11 is 0. The van der Waals surface area contributed by atoms with Gasteiger partial charge in [-0.25, -0.2) is 13.1 Å². The van der Waals surface area contributed by atoms with Crippen LogP contribution in [0.3, 0.4) is 0 Å². The van der Waals surface area contributed by atoms with Crippen molar-refractivity contribution in [1.82, 2.24) is 4.72 Å². The molecule has 1 N–H and O–H groups in total. The number of carbonyl (C=O) groups is 2. The predicted octanol–water partition coefficient (Wildman–Crippen LogP) is 3.00. The lowest BCUT2D eigenvalue weighted by Crippen LogP contribution is -2.29. The van der Waals surface area contributed by atoms with Crippen molar-refractivity contribution in [2.75, 3.05) is 4.90 Å². The minimum atomic E-state index is -3.74. The number of hydrogen-bond donors (Lipinski definition) is 1. The maximum atomic E-state index is 12.7. The monoisotopic (exact) mass is 386 g/mol. The summed E-state index contributed by atoms with van der Waals surface area (Å²) in [5.74, 6) is -0.533. The van der Waals surface area contributed by atoms with Crippen LogP contribution in [0.25, 0.3) is 0 Å². The largest absolute Gasteiger partial charge is 0.274 e. The number of carbonyl (C=O) groups excluding carboxylic acids is 2. The van der Waals surface area contributed by atoms with Crippen molar-refractivity contribution in [3.8, 4) is 0 Å². The molecule has 1 fully saturated rings. The molecule has 2 aromatic carbocycles. The van der Waals surface area contributed by atoms with Crippen molar-refractivity contribution in [2.45, 2.75) is 44.6 Å². The molecule has 3 rings (SSSR count). The van der Waals surface area contributed by atoms with Crippen molar-refractivity contribution in [3.05, 3.63) is 59.2 Å². The minimum Gasteiger partial charge on any atom is -0.274 e. The zero-order chi connectivity index (χ0) is 19.8. The highest BCUT2D eigenvalue weighted by atomic mass is 32.2. The van der Waals surface area contributed by atoms with E-state index in [1.54, 1.807) is 6.92 Å². The van der Waals surface area contributed by atoms with Gasteiger partial charge in [0.05, 0.1) is 10.6 Å². The van der Waals surface area contributed by atoms with E-state index in [2.05, 4.69) is 4.72 Å². The van der Waals surface area contributed by atoms with Gasteiger partial charge in [-0.05, 0) is 56.2 Å². The van der Waals surface area contributed by atoms with E-state index in [1.165, 1.54) is 24.3 Å². The second-order valence-corrected chi connectivity index (χ2v) is 8.53. The Morgan fingerprint density at radius 2 is 1.56 bits per heavy atom. The van der Waals surface area contributed by atoms with Gasteiger partial charge in [0.2, 0.25) is 21.8 Å². The third-order valence-corrected chi connectivity index (χ3v) is 6.25. The van der Waals surface area contributed by atoms with E-state index in [0.717, 1.165) is 21.6 Å². The first-order valence-electron chi connectivity index (χ1n) is 8.74. The van der Waals surface area contributed by atoms with Crippen LogP contribution < -0.4 is 9.62 Å². The summed E-state index contributed by atoms with van der Waals surface area (Å²) in [7, 11) is -3.74. The highest BCUT2D eigenvalue weighted by Crippen LogP contribution is 2.25. The lowest BCUT2D eigenvalue weighted by molar-refractivity contribution is -0.121. The number of amides is 2. The Bertz CT molecular complexity index is 981. The van der Waals surface area contributed by atoms with E-state index < -0.39 is 16.1 Å². The Kier molecular flexibility index (Phi) is 5.17. The molecular weight excluding hydrogens is 364 g/mol. The van der Waals surface area contributed by atoms with Gasteiger partial charge in [0, 0.05) is 18.9 Å². The summed E-state index contributed by atoms with van der Waals surface area (Å²) in [4.78, 5) is 24.8. The molecule has 1 aliphatic rings. The van der Waals surface area contributed by atoms with Crippen LogP contribution in [0.2, 0.25) is 0 Å². The molecule has 1 heterocycles. The van der Waals surface area contributed by atoms with Crippen LogP contribution in [-0.4, -0.2) is 20.2 Å². The molecule has 142 valence electrons. The summed E-state index contributed by atoms with van der Waals surface area (Å²) in [6, 6.07) is 11.3. The minimum absolute atomic E-state index is 0.0856. The van der Waals surface area contributed by atoms with Crippen molar-refractivity contribution in [3.63, 3.8) is 0 Å². The van der Waals surface area contributed by atoms with Gasteiger partial charge in [0.25, 0.3) is 0 Å². The maximum Gasteiger partial charge on any atom is 0.241 e.